The van der Waals surface area contributed by atoms with Crippen molar-refractivity contribution in [2.75, 3.05) is 0 Å². The van der Waals surface area contributed by atoms with E-state index in [4.69, 9.17) is 11.6 Å². The lowest BCUT2D eigenvalue weighted by atomic mass is 10.4. The van der Waals surface area contributed by atoms with Crippen LogP contribution in [0.3, 0.4) is 0 Å². The Balaban J connectivity index is 2.93. The number of nitrogens with one attached hydrogen (secondary N) is 1. The van der Waals surface area contributed by atoms with E-state index in [1.807, 2.05) is 12.1 Å². The van der Waals surface area contributed by atoms with Crippen LogP contribution in [0.4, 0.5) is 0 Å². The van der Waals surface area contributed by atoms with Gasteiger partial charge in [-0.2, -0.15) is 0 Å². The molecule has 0 aliphatic heterocycles. The van der Waals surface area contributed by atoms with Crippen LogP contribution in [-0.4, -0.2) is 9.97 Å². The van der Waals surface area contributed by atoms with Gasteiger partial charge in [0.1, 0.15) is 5.52 Å². The standard InChI is InChI=1S/C7H5ClN2/c8-5-4-10-6-2-1-3-9-7(5)6/h1-4,10H. The van der Waals surface area contributed by atoms with Crippen molar-refractivity contribution >= 4 is 22.6 Å². The maximum absolute atomic E-state index is 5.78. The van der Waals surface area contributed by atoms with Crippen LogP contribution in [0.2, 0.25) is 5.02 Å². The third-order valence-electron chi connectivity index (χ3n) is 1.39. The molecule has 0 aliphatic carbocycles. The van der Waals surface area contributed by atoms with E-state index in [0.717, 1.165) is 11.0 Å². The van der Waals surface area contributed by atoms with Crippen molar-refractivity contribution in [3.05, 3.63) is 29.5 Å². The summed E-state index contributed by atoms with van der Waals surface area (Å²) in [7, 11) is 0. The SMILES string of the molecule is Clc1c[nH]c2cccnc12. The van der Waals surface area contributed by atoms with Crippen molar-refractivity contribution in [1.82, 2.24) is 9.97 Å². The van der Waals surface area contributed by atoms with Crippen LogP contribution in [0, 0.1) is 0 Å². The first-order chi connectivity index (χ1) is 4.88. The lowest BCUT2D eigenvalue weighted by molar-refractivity contribution is 1.41. The Morgan fingerprint density at radius 2 is 2.40 bits per heavy atom. The second-order valence-electron chi connectivity index (χ2n) is 2.04. The fourth-order valence-electron chi connectivity index (χ4n) is 0.922. The second kappa shape index (κ2) is 1.99. The molecular formula is C7H5ClN2. The lowest BCUT2D eigenvalue weighted by Crippen LogP contribution is -1.70. The number of aromatic amines is 1. The van der Waals surface area contributed by atoms with Crippen molar-refractivity contribution in [2.45, 2.75) is 0 Å². The van der Waals surface area contributed by atoms with Crippen molar-refractivity contribution in [2.24, 2.45) is 0 Å². The van der Waals surface area contributed by atoms with Crippen molar-refractivity contribution in [3.63, 3.8) is 0 Å². The summed E-state index contributed by atoms with van der Waals surface area (Å²) in [6.07, 6.45) is 3.46. The summed E-state index contributed by atoms with van der Waals surface area (Å²) >= 11 is 5.78. The number of nitrogens with zero attached hydrogens (tertiary/aromatic N) is 1. The van der Waals surface area contributed by atoms with Gasteiger partial charge in [-0.25, -0.2) is 0 Å². The highest BCUT2D eigenvalue weighted by atomic mass is 35.5. The molecule has 50 valence electrons. The van der Waals surface area contributed by atoms with Crippen LogP contribution in [-0.2, 0) is 0 Å². The highest BCUT2D eigenvalue weighted by Gasteiger charge is 1.98. The molecule has 2 rings (SSSR count). The van der Waals surface area contributed by atoms with Gasteiger partial charge in [-0.1, -0.05) is 11.6 Å². The predicted octanol–water partition coefficient (Wildman–Crippen LogP) is 2.22. The highest BCUT2D eigenvalue weighted by Crippen LogP contribution is 2.18. The van der Waals surface area contributed by atoms with Gasteiger partial charge in [0.15, 0.2) is 0 Å². The number of rotatable bonds is 0. The molecule has 0 amide bonds. The summed E-state index contributed by atoms with van der Waals surface area (Å²) in [4.78, 5) is 7.07. The molecule has 2 heterocycles. The molecule has 0 saturated heterocycles. The molecule has 0 bridgehead atoms. The van der Waals surface area contributed by atoms with E-state index in [1.54, 1.807) is 12.4 Å². The summed E-state index contributed by atoms with van der Waals surface area (Å²) in [5.41, 5.74) is 1.82. The molecule has 0 atom stereocenters. The number of pyridine rings is 1. The molecule has 0 unspecified atom stereocenters. The molecule has 1 N–H and O–H groups in total. The van der Waals surface area contributed by atoms with Gasteiger partial charge in [0.2, 0.25) is 0 Å². The Bertz CT molecular complexity index is 353. The summed E-state index contributed by atoms with van der Waals surface area (Å²) in [5.74, 6) is 0. The molecular weight excluding hydrogens is 148 g/mol. The fraction of sp³-hybridized carbons (Fsp3) is 0. The summed E-state index contributed by atoms with van der Waals surface area (Å²) in [5, 5.41) is 0.676. The average Bonchev–Trinajstić information content (AvgIpc) is 2.34. The first-order valence-corrected chi connectivity index (χ1v) is 3.33. The van der Waals surface area contributed by atoms with E-state index in [-0.39, 0.29) is 0 Å². The van der Waals surface area contributed by atoms with Crippen LogP contribution in [0.5, 0.6) is 0 Å². The second-order valence-corrected chi connectivity index (χ2v) is 2.44. The maximum Gasteiger partial charge on any atom is 0.106 e. The van der Waals surface area contributed by atoms with Gasteiger partial charge >= 0.3 is 0 Å². The van der Waals surface area contributed by atoms with Gasteiger partial charge in [-0.05, 0) is 12.1 Å². The van der Waals surface area contributed by atoms with E-state index in [9.17, 15) is 0 Å². The molecule has 0 spiro atoms. The monoisotopic (exact) mass is 152 g/mol. The predicted molar refractivity (Wildman–Crippen MR) is 41.1 cm³/mol. The smallest absolute Gasteiger partial charge is 0.106 e. The number of hydrogen-bond donors (Lipinski definition) is 1. The Hall–Kier alpha value is -1.02. The average molecular weight is 153 g/mol. The Kier molecular flexibility index (Phi) is 1.14. The summed E-state index contributed by atoms with van der Waals surface area (Å²) in [6.45, 7) is 0. The van der Waals surface area contributed by atoms with Crippen LogP contribution < -0.4 is 0 Å². The number of H-pyrrole nitrogens is 1. The first-order valence-electron chi connectivity index (χ1n) is 2.95. The summed E-state index contributed by atoms with van der Waals surface area (Å²) < 4.78 is 0. The van der Waals surface area contributed by atoms with Gasteiger partial charge in [0.05, 0.1) is 10.5 Å². The van der Waals surface area contributed by atoms with Crippen molar-refractivity contribution in [3.8, 4) is 0 Å². The number of aromatic nitrogens is 2. The molecule has 0 aromatic carbocycles. The third-order valence-corrected chi connectivity index (χ3v) is 1.68. The first kappa shape index (κ1) is 5.74. The Morgan fingerprint density at radius 1 is 1.50 bits per heavy atom. The zero-order chi connectivity index (χ0) is 6.97. The van der Waals surface area contributed by atoms with E-state index in [1.165, 1.54) is 0 Å². The van der Waals surface area contributed by atoms with Crippen LogP contribution in [0.1, 0.15) is 0 Å². The maximum atomic E-state index is 5.78. The normalized spacial score (nSPS) is 10.5. The van der Waals surface area contributed by atoms with Gasteiger partial charge in [0.25, 0.3) is 0 Å². The largest absolute Gasteiger partial charge is 0.358 e. The topological polar surface area (TPSA) is 28.7 Å². The van der Waals surface area contributed by atoms with Crippen molar-refractivity contribution in [1.29, 1.82) is 0 Å². The molecule has 2 nitrogen and oxygen atoms in total. The van der Waals surface area contributed by atoms with Crippen LogP contribution in [0.25, 0.3) is 11.0 Å². The zero-order valence-corrected chi connectivity index (χ0v) is 5.89. The summed E-state index contributed by atoms with van der Waals surface area (Å²) in [6, 6.07) is 3.81. The van der Waals surface area contributed by atoms with Gasteiger partial charge in [-0.15, -0.1) is 0 Å². The number of hydrogen-bond acceptors (Lipinski definition) is 1. The van der Waals surface area contributed by atoms with E-state index >= 15 is 0 Å². The molecule has 2 aromatic rings. The van der Waals surface area contributed by atoms with Gasteiger partial charge in [0, 0.05) is 12.4 Å². The molecule has 0 fully saturated rings. The zero-order valence-electron chi connectivity index (χ0n) is 5.13. The van der Waals surface area contributed by atoms with Crippen molar-refractivity contribution < 1.29 is 0 Å². The Labute approximate surface area is 62.8 Å². The minimum Gasteiger partial charge on any atom is -0.358 e. The molecule has 0 radical (unpaired) electrons. The fourth-order valence-corrected chi connectivity index (χ4v) is 1.13. The van der Waals surface area contributed by atoms with E-state index in [0.29, 0.717) is 5.02 Å². The number of halogens is 1. The molecule has 0 aliphatic rings. The highest BCUT2D eigenvalue weighted by molar-refractivity contribution is 6.35. The van der Waals surface area contributed by atoms with E-state index < -0.39 is 0 Å². The molecule has 10 heavy (non-hydrogen) atoms. The minimum atomic E-state index is 0.676. The van der Waals surface area contributed by atoms with Crippen LogP contribution in [0.15, 0.2) is 24.5 Å². The lowest BCUT2D eigenvalue weighted by Gasteiger charge is -1.84. The van der Waals surface area contributed by atoms with Gasteiger partial charge in [-0.3, -0.25) is 4.98 Å². The Morgan fingerprint density at radius 3 is 3.20 bits per heavy atom. The molecule has 0 saturated carbocycles. The number of fused-ring (bicyclic) bond motifs is 1. The quantitative estimate of drug-likeness (QED) is 0.616. The molecule has 2 aromatic heterocycles. The van der Waals surface area contributed by atoms with Gasteiger partial charge < -0.3 is 4.98 Å². The van der Waals surface area contributed by atoms with E-state index in [2.05, 4.69) is 9.97 Å². The third kappa shape index (κ3) is 0.693. The minimum absolute atomic E-state index is 0.676. The molecule has 3 heteroatoms. The van der Waals surface area contributed by atoms with Crippen LogP contribution >= 0.6 is 11.6 Å².